The maximum atomic E-state index is 11.6. The van der Waals surface area contributed by atoms with Gasteiger partial charge in [0.15, 0.2) is 0 Å². The summed E-state index contributed by atoms with van der Waals surface area (Å²) in [5.74, 6) is 0.0455. The molecule has 0 saturated heterocycles. The van der Waals surface area contributed by atoms with E-state index in [1.165, 1.54) is 0 Å². The Bertz CT molecular complexity index is 327. The maximum Gasteiger partial charge on any atom is 0.407 e. The van der Waals surface area contributed by atoms with Crippen LogP contribution in [0.4, 0.5) is 4.79 Å². The first kappa shape index (κ1) is 19.7. The molecule has 6 nitrogen and oxygen atoms in total. The van der Waals surface area contributed by atoms with Gasteiger partial charge in [0.25, 0.3) is 0 Å². The molecule has 0 aromatic rings. The fourth-order valence-corrected chi connectivity index (χ4v) is 1.50. The molecule has 0 saturated carbocycles. The van der Waals surface area contributed by atoms with Crippen molar-refractivity contribution in [1.29, 1.82) is 0 Å². The predicted molar refractivity (Wildman–Crippen MR) is 84.2 cm³/mol. The van der Waals surface area contributed by atoms with E-state index in [4.69, 9.17) is 4.74 Å². The molecular weight excluding hydrogens is 270 g/mol. The van der Waals surface area contributed by atoms with Gasteiger partial charge in [0.05, 0.1) is 0 Å². The number of carbonyl (C=O) groups is 2. The largest absolute Gasteiger partial charge is 0.444 e. The van der Waals surface area contributed by atoms with Gasteiger partial charge in [-0.1, -0.05) is 6.92 Å². The summed E-state index contributed by atoms with van der Waals surface area (Å²) in [4.78, 5) is 23.1. The first-order valence-corrected chi connectivity index (χ1v) is 7.63. The van der Waals surface area contributed by atoms with Gasteiger partial charge >= 0.3 is 6.09 Å². The third-order valence-corrected chi connectivity index (χ3v) is 2.82. The van der Waals surface area contributed by atoms with Gasteiger partial charge in [-0.05, 0) is 41.0 Å². The van der Waals surface area contributed by atoms with Crippen molar-refractivity contribution in [2.45, 2.75) is 72.1 Å². The lowest BCUT2D eigenvalue weighted by molar-refractivity contribution is -0.121. The summed E-state index contributed by atoms with van der Waals surface area (Å²) < 4.78 is 5.14. The predicted octanol–water partition coefficient (Wildman–Crippen LogP) is 1.79. The number of hydrogen-bond acceptors (Lipinski definition) is 4. The van der Waals surface area contributed by atoms with Crippen LogP contribution in [-0.4, -0.2) is 42.8 Å². The van der Waals surface area contributed by atoms with Crippen LogP contribution in [0.1, 0.15) is 54.4 Å². The van der Waals surface area contributed by atoms with Gasteiger partial charge in [-0.3, -0.25) is 4.79 Å². The number of alkyl carbamates (subject to hydrolysis) is 1. The van der Waals surface area contributed by atoms with Crippen LogP contribution in [0.5, 0.6) is 0 Å². The quantitative estimate of drug-likeness (QED) is 0.638. The van der Waals surface area contributed by atoms with Gasteiger partial charge in [0.2, 0.25) is 5.91 Å². The number of amides is 2. The van der Waals surface area contributed by atoms with Crippen molar-refractivity contribution >= 4 is 12.0 Å². The molecule has 2 amide bonds. The van der Waals surface area contributed by atoms with Gasteiger partial charge in [-0.2, -0.15) is 0 Å². The molecule has 0 heterocycles. The first-order valence-electron chi connectivity index (χ1n) is 7.63. The normalized spacial score (nSPS) is 14.2. The number of rotatable bonds is 8. The van der Waals surface area contributed by atoms with Gasteiger partial charge in [-0.15, -0.1) is 0 Å². The molecule has 0 aromatic heterocycles. The molecule has 21 heavy (non-hydrogen) atoms. The summed E-state index contributed by atoms with van der Waals surface area (Å²) in [5.41, 5.74) is -0.491. The highest BCUT2D eigenvalue weighted by Gasteiger charge is 2.16. The number of nitrogens with one attached hydrogen (secondary N) is 3. The SMILES string of the molecule is CCC(C)NC(=O)CCNC(C)CNC(=O)OC(C)(C)C. The maximum absolute atomic E-state index is 11.6. The van der Waals surface area contributed by atoms with Gasteiger partial charge in [-0.25, -0.2) is 4.79 Å². The molecule has 2 atom stereocenters. The van der Waals surface area contributed by atoms with E-state index < -0.39 is 11.7 Å². The Hall–Kier alpha value is -1.30. The second-order valence-corrected chi connectivity index (χ2v) is 6.36. The van der Waals surface area contributed by atoms with Crippen molar-refractivity contribution < 1.29 is 14.3 Å². The van der Waals surface area contributed by atoms with Crippen LogP contribution in [0.15, 0.2) is 0 Å². The Morgan fingerprint density at radius 3 is 2.29 bits per heavy atom. The monoisotopic (exact) mass is 301 g/mol. The summed E-state index contributed by atoms with van der Waals surface area (Å²) in [6, 6.07) is 0.290. The molecule has 0 aliphatic rings. The van der Waals surface area contributed by atoms with E-state index in [0.29, 0.717) is 19.5 Å². The average Bonchev–Trinajstić information content (AvgIpc) is 2.34. The molecule has 0 aliphatic heterocycles. The molecule has 0 fully saturated rings. The molecule has 0 radical (unpaired) electrons. The molecule has 2 unspecified atom stereocenters. The van der Waals surface area contributed by atoms with Crippen LogP contribution in [0.3, 0.4) is 0 Å². The zero-order valence-electron chi connectivity index (χ0n) is 14.2. The van der Waals surface area contributed by atoms with Crippen molar-refractivity contribution in [2.24, 2.45) is 0 Å². The Balaban J connectivity index is 3.74. The zero-order valence-corrected chi connectivity index (χ0v) is 14.2. The number of carbonyl (C=O) groups excluding carboxylic acids is 2. The van der Waals surface area contributed by atoms with Crippen LogP contribution < -0.4 is 16.0 Å². The Labute approximate surface area is 128 Å². The van der Waals surface area contributed by atoms with Gasteiger partial charge in [0, 0.05) is 31.6 Å². The molecule has 0 aromatic carbocycles. The van der Waals surface area contributed by atoms with Crippen LogP contribution in [0.25, 0.3) is 0 Å². The smallest absolute Gasteiger partial charge is 0.407 e. The number of ether oxygens (including phenoxy) is 1. The summed E-state index contributed by atoms with van der Waals surface area (Å²) in [6.07, 6.45) is 0.932. The summed E-state index contributed by atoms with van der Waals surface area (Å²) >= 11 is 0. The lowest BCUT2D eigenvalue weighted by Gasteiger charge is -2.21. The average molecular weight is 301 g/mol. The van der Waals surface area contributed by atoms with Crippen molar-refractivity contribution in [1.82, 2.24) is 16.0 Å². The van der Waals surface area contributed by atoms with Crippen LogP contribution in [0, 0.1) is 0 Å². The zero-order chi connectivity index (χ0) is 16.5. The summed E-state index contributed by atoms with van der Waals surface area (Å²) in [5, 5.41) is 8.80. The minimum Gasteiger partial charge on any atom is -0.444 e. The molecular formula is C15H31N3O3. The fourth-order valence-electron chi connectivity index (χ4n) is 1.50. The Kier molecular flexibility index (Phi) is 9.01. The first-order chi connectivity index (χ1) is 9.64. The lowest BCUT2D eigenvalue weighted by atomic mass is 10.2. The van der Waals surface area contributed by atoms with Gasteiger partial charge in [0.1, 0.15) is 5.60 Å². The summed E-state index contributed by atoms with van der Waals surface area (Å²) in [6.45, 7) is 12.5. The van der Waals surface area contributed by atoms with Crippen LogP contribution in [-0.2, 0) is 9.53 Å². The van der Waals surface area contributed by atoms with Crippen molar-refractivity contribution in [3.63, 3.8) is 0 Å². The highest BCUT2D eigenvalue weighted by Crippen LogP contribution is 2.06. The Morgan fingerprint density at radius 1 is 1.14 bits per heavy atom. The molecule has 0 aliphatic carbocycles. The third kappa shape index (κ3) is 12.2. The molecule has 124 valence electrons. The Morgan fingerprint density at radius 2 is 1.76 bits per heavy atom. The second kappa shape index (κ2) is 9.60. The highest BCUT2D eigenvalue weighted by molar-refractivity contribution is 5.76. The minimum atomic E-state index is -0.491. The summed E-state index contributed by atoms with van der Waals surface area (Å²) in [7, 11) is 0. The van der Waals surface area contributed by atoms with E-state index in [0.717, 1.165) is 6.42 Å². The topological polar surface area (TPSA) is 79.5 Å². The van der Waals surface area contributed by atoms with E-state index in [2.05, 4.69) is 16.0 Å². The van der Waals surface area contributed by atoms with E-state index in [-0.39, 0.29) is 18.0 Å². The molecule has 0 rings (SSSR count). The molecule has 6 heteroatoms. The number of hydrogen-bond donors (Lipinski definition) is 3. The van der Waals surface area contributed by atoms with E-state index in [1.54, 1.807) is 0 Å². The van der Waals surface area contributed by atoms with Crippen LogP contribution >= 0.6 is 0 Å². The highest BCUT2D eigenvalue weighted by atomic mass is 16.6. The minimum absolute atomic E-state index is 0.0455. The molecule has 0 bridgehead atoms. The molecule has 0 spiro atoms. The van der Waals surface area contributed by atoms with E-state index in [9.17, 15) is 9.59 Å². The van der Waals surface area contributed by atoms with Crippen molar-refractivity contribution in [3.05, 3.63) is 0 Å². The van der Waals surface area contributed by atoms with Crippen molar-refractivity contribution in [3.8, 4) is 0 Å². The third-order valence-electron chi connectivity index (χ3n) is 2.82. The fraction of sp³-hybridized carbons (Fsp3) is 0.867. The second-order valence-electron chi connectivity index (χ2n) is 6.36. The van der Waals surface area contributed by atoms with Gasteiger partial charge < -0.3 is 20.7 Å². The lowest BCUT2D eigenvalue weighted by Crippen LogP contribution is -2.42. The van der Waals surface area contributed by atoms with E-state index >= 15 is 0 Å². The van der Waals surface area contributed by atoms with Crippen LogP contribution in [0.2, 0.25) is 0 Å². The van der Waals surface area contributed by atoms with Crippen molar-refractivity contribution in [2.75, 3.05) is 13.1 Å². The molecule has 3 N–H and O–H groups in total. The van der Waals surface area contributed by atoms with E-state index in [1.807, 2.05) is 41.5 Å². The standard InChI is InChI=1S/C15H31N3O3/c1-7-11(2)18-13(19)8-9-16-12(3)10-17-14(20)21-15(4,5)6/h11-12,16H,7-10H2,1-6H3,(H,17,20)(H,18,19).